The maximum absolute atomic E-state index is 5.20. The number of rotatable bonds is 4. The zero-order chi connectivity index (χ0) is 31.6. The van der Waals surface area contributed by atoms with Gasteiger partial charge >= 0.3 is 0 Å². The van der Waals surface area contributed by atoms with E-state index in [1.807, 2.05) is 12.3 Å². The smallest absolute Gasteiger partial charge is 0.202 e. The van der Waals surface area contributed by atoms with E-state index >= 15 is 0 Å². The van der Waals surface area contributed by atoms with Crippen LogP contribution in [0.2, 0.25) is 0 Å². The van der Waals surface area contributed by atoms with Crippen molar-refractivity contribution in [3.05, 3.63) is 181 Å². The SMILES string of the molecule is CC1(C)c2ccccc2[Si](c2ccc3c4ccccc4n(-c4cccc(-c5ccccc5)c4)c3c2)(c2ccccn2)c2ccccc21. The fourth-order valence-electron chi connectivity index (χ4n) is 8.26. The lowest BCUT2D eigenvalue weighted by molar-refractivity contribution is 0.645. The molecule has 47 heavy (non-hydrogen) atoms. The third-order valence-electron chi connectivity index (χ3n) is 10.4. The first-order chi connectivity index (χ1) is 23.1. The van der Waals surface area contributed by atoms with Gasteiger partial charge in [-0.15, -0.1) is 0 Å². The molecule has 3 heterocycles. The molecule has 0 unspecified atom stereocenters. The predicted molar refractivity (Wildman–Crippen MR) is 200 cm³/mol. The summed E-state index contributed by atoms with van der Waals surface area (Å²) in [5.74, 6) is 0. The van der Waals surface area contributed by atoms with E-state index < -0.39 is 8.07 Å². The van der Waals surface area contributed by atoms with E-state index in [1.54, 1.807) is 0 Å². The van der Waals surface area contributed by atoms with Crippen molar-refractivity contribution in [2.75, 3.05) is 0 Å². The highest BCUT2D eigenvalue weighted by atomic mass is 28.3. The van der Waals surface area contributed by atoms with E-state index in [0.717, 1.165) is 5.69 Å². The lowest BCUT2D eigenvalue weighted by Crippen LogP contribution is -2.79. The van der Waals surface area contributed by atoms with Crippen LogP contribution in [0.4, 0.5) is 0 Å². The lowest BCUT2D eigenvalue weighted by atomic mass is 9.77. The van der Waals surface area contributed by atoms with Gasteiger partial charge in [-0.05, 0) is 74.2 Å². The van der Waals surface area contributed by atoms with E-state index in [2.05, 4.69) is 176 Å². The summed E-state index contributed by atoms with van der Waals surface area (Å²) < 4.78 is 2.46. The van der Waals surface area contributed by atoms with E-state index in [0.29, 0.717) is 0 Å². The van der Waals surface area contributed by atoms with Crippen LogP contribution in [0.3, 0.4) is 0 Å². The van der Waals surface area contributed by atoms with Gasteiger partial charge in [0.05, 0.1) is 11.0 Å². The molecule has 0 saturated heterocycles. The minimum Gasteiger partial charge on any atom is -0.309 e. The Hall–Kier alpha value is -5.51. The van der Waals surface area contributed by atoms with Gasteiger partial charge in [-0.3, -0.25) is 4.98 Å². The van der Waals surface area contributed by atoms with Crippen molar-refractivity contribution >= 4 is 50.8 Å². The molecule has 9 rings (SSSR count). The minimum atomic E-state index is -2.84. The van der Waals surface area contributed by atoms with Gasteiger partial charge in [0.15, 0.2) is 0 Å². The molecule has 224 valence electrons. The van der Waals surface area contributed by atoms with E-state index in [-0.39, 0.29) is 5.41 Å². The number of pyridine rings is 1. The maximum atomic E-state index is 5.20. The van der Waals surface area contributed by atoms with Crippen molar-refractivity contribution in [1.29, 1.82) is 0 Å². The molecular weight excluding hydrogens is 585 g/mol. The number of para-hydroxylation sites is 1. The van der Waals surface area contributed by atoms with Crippen molar-refractivity contribution in [2.45, 2.75) is 19.3 Å². The molecule has 2 nitrogen and oxygen atoms in total. The summed E-state index contributed by atoms with van der Waals surface area (Å²) in [6.07, 6.45) is 1.97. The van der Waals surface area contributed by atoms with E-state index in [4.69, 9.17) is 4.98 Å². The van der Waals surface area contributed by atoms with Gasteiger partial charge in [0, 0.05) is 33.4 Å². The summed E-state index contributed by atoms with van der Waals surface area (Å²) in [5, 5.41) is 7.90. The van der Waals surface area contributed by atoms with Crippen molar-refractivity contribution in [1.82, 2.24) is 9.55 Å². The van der Waals surface area contributed by atoms with Crippen LogP contribution in [-0.2, 0) is 5.41 Å². The summed E-state index contributed by atoms with van der Waals surface area (Å²) >= 11 is 0. The minimum absolute atomic E-state index is 0.130. The first-order valence-corrected chi connectivity index (χ1v) is 18.4. The molecule has 1 aliphatic heterocycles. The van der Waals surface area contributed by atoms with Gasteiger partial charge in [0.1, 0.15) is 0 Å². The van der Waals surface area contributed by atoms with Crippen LogP contribution < -0.4 is 20.9 Å². The summed E-state index contributed by atoms with van der Waals surface area (Å²) in [4.78, 5) is 5.20. The lowest BCUT2D eigenvalue weighted by Gasteiger charge is -2.45. The molecule has 3 heteroatoms. The van der Waals surface area contributed by atoms with Crippen LogP contribution in [0.5, 0.6) is 0 Å². The fourth-order valence-corrected chi connectivity index (χ4v) is 13.6. The number of benzene rings is 6. The van der Waals surface area contributed by atoms with Crippen LogP contribution in [0, 0.1) is 0 Å². The maximum Gasteiger partial charge on any atom is 0.202 e. The van der Waals surface area contributed by atoms with Gasteiger partial charge in [-0.2, -0.15) is 0 Å². The Balaban J connectivity index is 1.40. The van der Waals surface area contributed by atoms with Gasteiger partial charge in [-0.25, -0.2) is 0 Å². The molecule has 0 amide bonds. The number of hydrogen-bond donors (Lipinski definition) is 0. The Morgan fingerprint density at radius 2 is 1.15 bits per heavy atom. The zero-order valence-corrected chi connectivity index (χ0v) is 27.6. The van der Waals surface area contributed by atoms with Crippen LogP contribution in [-0.4, -0.2) is 17.6 Å². The first kappa shape index (κ1) is 27.8. The average Bonchev–Trinajstić information content (AvgIpc) is 3.47. The highest BCUT2D eigenvalue weighted by molar-refractivity contribution is 7.20. The number of aromatic nitrogens is 2. The second-order valence-corrected chi connectivity index (χ2v) is 16.8. The Morgan fingerprint density at radius 1 is 0.511 bits per heavy atom. The molecule has 6 aromatic carbocycles. The Kier molecular flexibility index (Phi) is 6.21. The number of fused-ring (bicyclic) bond motifs is 5. The second-order valence-electron chi connectivity index (χ2n) is 13.2. The van der Waals surface area contributed by atoms with Crippen LogP contribution in [0.25, 0.3) is 38.6 Å². The molecule has 0 aliphatic carbocycles. The summed E-state index contributed by atoms with van der Waals surface area (Å²) in [6, 6.07) is 60.5. The molecule has 2 aromatic heterocycles. The Bertz CT molecular complexity index is 2390. The van der Waals surface area contributed by atoms with Crippen molar-refractivity contribution in [3.63, 3.8) is 0 Å². The molecule has 0 atom stereocenters. The van der Waals surface area contributed by atoms with Crippen LogP contribution in [0.1, 0.15) is 25.0 Å². The summed E-state index contributed by atoms with van der Waals surface area (Å²) in [7, 11) is -2.84. The van der Waals surface area contributed by atoms with Gasteiger partial charge in [0.25, 0.3) is 0 Å². The second kappa shape index (κ2) is 10.5. The van der Waals surface area contributed by atoms with Gasteiger partial charge < -0.3 is 4.57 Å². The van der Waals surface area contributed by atoms with E-state index in [1.165, 1.54) is 64.9 Å². The molecule has 0 bridgehead atoms. The van der Waals surface area contributed by atoms with Crippen LogP contribution in [0.15, 0.2) is 170 Å². The molecule has 0 radical (unpaired) electrons. The number of nitrogens with zero attached hydrogens (tertiary/aromatic N) is 2. The topological polar surface area (TPSA) is 17.8 Å². The van der Waals surface area contributed by atoms with Crippen LogP contribution >= 0.6 is 0 Å². The first-order valence-electron chi connectivity index (χ1n) is 16.4. The highest BCUT2D eigenvalue weighted by Gasteiger charge is 2.52. The van der Waals surface area contributed by atoms with Gasteiger partial charge in [0.2, 0.25) is 8.07 Å². The largest absolute Gasteiger partial charge is 0.309 e. The molecule has 0 N–H and O–H groups in total. The average molecular weight is 619 g/mol. The fraction of sp³-hybridized carbons (Fsp3) is 0.0682. The Labute approximate surface area is 276 Å². The molecule has 1 aliphatic rings. The standard InChI is InChI=1S/C44H34N2Si/c1-44(2)37-20-7-10-23-41(37)47(43-25-12-13-28-45-43,42-24-11-8-21-38(42)44)34-26-27-36-35-19-6-9-22-39(35)46(40(36)30-34)33-18-14-17-32(29-33)31-15-4-3-5-16-31/h3-30H,1-2H3. The van der Waals surface area contributed by atoms with Crippen molar-refractivity contribution in [3.8, 4) is 16.8 Å². The highest BCUT2D eigenvalue weighted by Crippen LogP contribution is 2.37. The molecule has 0 fully saturated rings. The van der Waals surface area contributed by atoms with Crippen molar-refractivity contribution in [2.24, 2.45) is 0 Å². The number of hydrogen-bond acceptors (Lipinski definition) is 1. The normalized spacial score (nSPS) is 14.5. The quantitative estimate of drug-likeness (QED) is 0.184. The summed E-state index contributed by atoms with van der Waals surface area (Å²) in [6.45, 7) is 4.75. The molecule has 8 aromatic rings. The molecular formula is C44H34N2Si. The van der Waals surface area contributed by atoms with Gasteiger partial charge in [-0.1, -0.05) is 141 Å². The third kappa shape index (κ3) is 4.00. The molecule has 0 saturated carbocycles. The zero-order valence-electron chi connectivity index (χ0n) is 26.6. The van der Waals surface area contributed by atoms with E-state index in [9.17, 15) is 0 Å². The molecule has 0 spiro atoms. The predicted octanol–water partition coefficient (Wildman–Crippen LogP) is 7.86. The van der Waals surface area contributed by atoms with Crippen molar-refractivity contribution < 1.29 is 0 Å². The third-order valence-corrected chi connectivity index (χ3v) is 15.1. The summed E-state index contributed by atoms with van der Waals surface area (Å²) in [5.41, 5.74) is 8.68. The monoisotopic (exact) mass is 618 g/mol. The Morgan fingerprint density at radius 3 is 1.89 bits per heavy atom.